The topological polar surface area (TPSA) is 70.9 Å². The van der Waals surface area contributed by atoms with E-state index in [2.05, 4.69) is 50.6 Å². The summed E-state index contributed by atoms with van der Waals surface area (Å²) in [5.41, 5.74) is 3.69. The van der Waals surface area contributed by atoms with Crippen molar-refractivity contribution in [2.24, 2.45) is 0 Å². The Kier molecular flexibility index (Phi) is 4.68. The number of anilines is 1. The number of rotatable bonds is 5. The Labute approximate surface area is 186 Å². The van der Waals surface area contributed by atoms with E-state index >= 15 is 0 Å². The minimum atomic E-state index is -1.08. The molecule has 0 amide bonds. The average Bonchev–Trinajstić information content (AvgIpc) is 3.56. The fourth-order valence-corrected chi connectivity index (χ4v) is 4.07. The third-order valence-corrected chi connectivity index (χ3v) is 6.08. The maximum Gasteiger partial charge on any atom is 0.159 e. The predicted molar refractivity (Wildman–Crippen MR) is 124 cm³/mol. The first-order valence-corrected chi connectivity index (χ1v) is 10.7. The number of nitrogens with one attached hydrogen (secondary N) is 1. The number of pyridine rings is 1. The van der Waals surface area contributed by atoms with Gasteiger partial charge < -0.3 is 10.4 Å². The second-order valence-corrected chi connectivity index (χ2v) is 9.05. The van der Waals surface area contributed by atoms with Gasteiger partial charge in [0, 0.05) is 29.5 Å². The molecule has 0 bridgehead atoms. The number of fused-ring (bicyclic) bond motifs is 1. The van der Waals surface area contributed by atoms with Crippen molar-refractivity contribution in [3.8, 4) is 11.1 Å². The molecule has 0 saturated heterocycles. The summed E-state index contributed by atoms with van der Waals surface area (Å²) < 4.78 is 0. The lowest BCUT2D eigenvalue weighted by Crippen LogP contribution is -2.19. The highest BCUT2D eigenvalue weighted by Crippen LogP contribution is 2.50. The van der Waals surface area contributed by atoms with Crippen LogP contribution in [0.3, 0.4) is 0 Å². The Bertz CT molecular complexity index is 1250. The summed E-state index contributed by atoms with van der Waals surface area (Å²) in [6.07, 6.45) is 7.29. The van der Waals surface area contributed by atoms with Crippen molar-refractivity contribution in [3.63, 3.8) is 0 Å². The van der Waals surface area contributed by atoms with Gasteiger partial charge in [0.15, 0.2) is 5.82 Å². The van der Waals surface area contributed by atoms with Gasteiger partial charge in [-0.1, -0.05) is 48.0 Å². The number of aliphatic hydroxyl groups is 1. The molecule has 0 atom stereocenters. The molecule has 31 heavy (non-hydrogen) atoms. The summed E-state index contributed by atoms with van der Waals surface area (Å²) in [6.45, 7) is 3.34. The zero-order valence-electron chi connectivity index (χ0n) is 17.4. The lowest BCUT2D eigenvalue weighted by molar-refractivity contribution is 0.0687. The van der Waals surface area contributed by atoms with E-state index in [4.69, 9.17) is 11.6 Å². The van der Waals surface area contributed by atoms with E-state index in [1.165, 1.54) is 5.56 Å². The monoisotopic (exact) mass is 430 g/mol. The van der Waals surface area contributed by atoms with E-state index in [0.717, 1.165) is 40.6 Å². The van der Waals surface area contributed by atoms with Crippen LogP contribution in [-0.4, -0.2) is 20.1 Å². The highest BCUT2D eigenvalue weighted by atomic mass is 35.5. The first-order valence-electron chi connectivity index (χ1n) is 10.3. The molecular formula is C25H23ClN4O. The van der Waals surface area contributed by atoms with Crippen LogP contribution in [0.1, 0.15) is 38.1 Å². The van der Waals surface area contributed by atoms with Crippen molar-refractivity contribution < 1.29 is 5.11 Å². The van der Waals surface area contributed by atoms with Crippen molar-refractivity contribution in [2.45, 2.75) is 37.8 Å². The molecular weight excluding hydrogens is 408 g/mol. The Hall–Kier alpha value is -3.02. The maximum atomic E-state index is 10.1. The van der Waals surface area contributed by atoms with Gasteiger partial charge in [-0.25, -0.2) is 9.97 Å². The Morgan fingerprint density at radius 3 is 2.29 bits per heavy atom. The molecule has 1 saturated carbocycles. The summed E-state index contributed by atoms with van der Waals surface area (Å²) >= 11 is 6.62. The summed E-state index contributed by atoms with van der Waals surface area (Å²) in [6, 6.07) is 16.5. The summed E-state index contributed by atoms with van der Waals surface area (Å²) in [5.74, 6) is 0.391. The Balaban J connectivity index is 1.56. The Morgan fingerprint density at radius 1 is 0.935 bits per heavy atom. The number of hydrogen-bond acceptors (Lipinski definition) is 5. The number of benzene rings is 2. The van der Waals surface area contributed by atoms with Crippen molar-refractivity contribution in [2.75, 3.05) is 5.32 Å². The predicted octanol–water partition coefficient (Wildman–Crippen LogP) is 5.67. The second kappa shape index (κ2) is 7.29. The fourth-order valence-electron chi connectivity index (χ4n) is 3.88. The van der Waals surface area contributed by atoms with Gasteiger partial charge in [0.1, 0.15) is 5.60 Å². The van der Waals surface area contributed by atoms with Gasteiger partial charge in [-0.3, -0.25) is 4.98 Å². The van der Waals surface area contributed by atoms with Crippen LogP contribution in [0.2, 0.25) is 5.02 Å². The molecule has 0 unspecified atom stereocenters. The molecule has 1 aliphatic carbocycles. The zero-order valence-corrected chi connectivity index (χ0v) is 18.2. The van der Waals surface area contributed by atoms with Gasteiger partial charge in [0.2, 0.25) is 0 Å². The van der Waals surface area contributed by atoms with Crippen molar-refractivity contribution in [1.29, 1.82) is 0 Å². The second-order valence-electron chi connectivity index (χ2n) is 8.64. The average molecular weight is 431 g/mol. The van der Waals surface area contributed by atoms with E-state index < -0.39 is 5.60 Å². The molecule has 0 radical (unpaired) electrons. The van der Waals surface area contributed by atoms with Crippen molar-refractivity contribution >= 4 is 28.2 Å². The molecule has 1 fully saturated rings. The van der Waals surface area contributed by atoms with Gasteiger partial charge in [0.05, 0.1) is 21.8 Å². The van der Waals surface area contributed by atoms with E-state index in [1.54, 1.807) is 32.4 Å². The summed E-state index contributed by atoms with van der Waals surface area (Å²) in [7, 11) is 0. The third-order valence-electron chi connectivity index (χ3n) is 5.79. The minimum Gasteiger partial charge on any atom is -0.382 e. The van der Waals surface area contributed by atoms with Gasteiger partial charge >= 0.3 is 0 Å². The van der Waals surface area contributed by atoms with E-state index in [1.807, 2.05) is 18.2 Å². The highest BCUT2D eigenvalue weighted by Gasteiger charge is 2.44. The van der Waals surface area contributed by atoms with Gasteiger partial charge in [-0.05, 0) is 49.9 Å². The molecule has 2 aromatic heterocycles. The summed E-state index contributed by atoms with van der Waals surface area (Å²) in [5, 5.41) is 15.4. The largest absolute Gasteiger partial charge is 0.382 e. The molecule has 4 aromatic rings. The molecule has 156 valence electrons. The zero-order chi connectivity index (χ0) is 21.6. The van der Waals surface area contributed by atoms with Crippen LogP contribution < -0.4 is 5.32 Å². The number of hydrogen-bond donors (Lipinski definition) is 2. The van der Waals surface area contributed by atoms with Crippen LogP contribution >= 0.6 is 11.6 Å². The number of nitrogens with zero attached hydrogens (tertiary/aromatic N) is 3. The third kappa shape index (κ3) is 3.75. The molecule has 5 rings (SSSR count). The summed E-state index contributed by atoms with van der Waals surface area (Å²) in [4.78, 5) is 13.2. The molecule has 2 N–H and O–H groups in total. The van der Waals surface area contributed by atoms with Crippen LogP contribution in [0.5, 0.6) is 0 Å². The number of aromatic nitrogens is 3. The lowest BCUT2D eigenvalue weighted by atomic mass is 10.0. The molecule has 2 heterocycles. The first-order chi connectivity index (χ1) is 14.9. The van der Waals surface area contributed by atoms with Crippen LogP contribution in [0.4, 0.5) is 5.69 Å². The maximum absolute atomic E-state index is 10.1. The van der Waals surface area contributed by atoms with E-state index in [9.17, 15) is 5.11 Å². The molecule has 6 heteroatoms. The first kappa shape index (κ1) is 19.9. The normalized spacial score (nSPS) is 15.1. The van der Waals surface area contributed by atoms with Crippen LogP contribution in [0.25, 0.3) is 22.0 Å². The molecule has 5 nitrogen and oxygen atoms in total. The molecule has 1 aliphatic rings. The molecule has 0 aliphatic heterocycles. The van der Waals surface area contributed by atoms with Crippen LogP contribution in [-0.2, 0) is 11.1 Å². The van der Waals surface area contributed by atoms with Crippen LogP contribution in [0.15, 0.2) is 67.1 Å². The van der Waals surface area contributed by atoms with E-state index in [0.29, 0.717) is 10.8 Å². The van der Waals surface area contributed by atoms with Gasteiger partial charge in [-0.2, -0.15) is 0 Å². The van der Waals surface area contributed by atoms with Crippen LogP contribution in [0, 0.1) is 0 Å². The minimum absolute atomic E-state index is 0.0906. The molecule has 0 spiro atoms. The van der Waals surface area contributed by atoms with E-state index in [-0.39, 0.29) is 5.54 Å². The number of halogens is 1. The van der Waals surface area contributed by atoms with Gasteiger partial charge in [0.25, 0.3) is 0 Å². The molecule has 2 aromatic carbocycles. The standard InChI is InChI=1S/C25H23ClN4O/c1-24(2,31)23-28-13-17(14-29-23)16-8-9-21-19(12-16)22(20(26)15-27-21)30-25(10-11-25)18-6-4-3-5-7-18/h3-9,12-15,31H,10-11H2,1-2H3,(H,27,30). The van der Waals surface area contributed by atoms with Gasteiger partial charge in [-0.15, -0.1) is 0 Å². The van der Waals surface area contributed by atoms with Crippen molar-refractivity contribution in [3.05, 3.63) is 83.5 Å². The van der Waals surface area contributed by atoms with Crippen molar-refractivity contribution in [1.82, 2.24) is 15.0 Å². The lowest BCUT2D eigenvalue weighted by Gasteiger charge is -2.22. The SMILES string of the molecule is CC(C)(O)c1ncc(-c2ccc3ncc(Cl)c(NC4(c5ccccc5)CC4)c3c2)cn1. The quantitative estimate of drug-likeness (QED) is 0.426. The fraction of sp³-hybridized carbons (Fsp3) is 0.240. The smallest absolute Gasteiger partial charge is 0.159 e. The highest BCUT2D eigenvalue weighted by molar-refractivity contribution is 6.34. The Morgan fingerprint density at radius 2 is 1.65 bits per heavy atom.